The van der Waals surface area contributed by atoms with Crippen LogP contribution < -0.4 is 0 Å². The topological polar surface area (TPSA) is 51.8 Å². The van der Waals surface area contributed by atoms with E-state index in [-0.39, 0.29) is 5.41 Å². The van der Waals surface area contributed by atoms with Crippen molar-refractivity contribution in [1.29, 1.82) is 0 Å². The summed E-state index contributed by atoms with van der Waals surface area (Å²) >= 11 is 0. The lowest BCUT2D eigenvalue weighted by molar-refractivity contribution is 0.660. The molecule has 0 fully saturated rings. The predicted octanol–water partition coefficient (Wildman–Crippen LogP) is 11.9. The second-order valence-corrected chi connectivity index (χ2v) is 13.6. The van der Waals surface area contributed by atoms with Gasteiger partial charge in [0, 0.05) is 38.3 Å². The van der Waals surface area contributed by atoms with Crippen molar-refractivity contribution in [2.24, 2.45) is 0 Å². The van der Waals surface area contributed by atoms with E-state index in [0.29, 0.717) is 17.5 Å². The van der Waals surface area contributed by atoms with Gasteiger partial charge in [-0.3, -0.25) is 0 Å². The van der Waals surface area contributed by atoms with Crippen molar-refractivity contribution in [3.8, 4) is 56.4 Å². The Labute approximate surface area is 289 Å². The van der Waals surface area contributed by atoms with Crippen molar-refractivity contribution in [1.82, 2.24) is 15.0 Å². The first-order chi connectivity index (χ1) is 24.6. The van der Waals surface area contributed by atoms with Gasteiger partial charge in [-0.1, -0.05) is 159 Å². The number of fused-ring (bicyclic) bond motifs is 10. The highest BCUT2D eigenvalue weighted by atomic mass is 16.3. The number of hydrogen-bond donors (Lipinski definition) is 0. The molecule has 0 aliphatic heterocycles. The van der Waals surface area contributed by atoms with E-state index in [1.165, 1.54) is 44.0 Å². The Kier molecular flexibility index (Phi) is 6.19. The smallest absolute Gasteiger partial charge is 0.164 e. The van der Waals surface area contributed by atoms with Crippen LogP contribution in [0, 0.1) is 0 Å². The average molecular weight is 642 g/mol. The third-order valence-corrected chi connectivity index (χ3v) is 10.3. The first-order valence-electron chi connectivity index (χ1n) is 17.0. The quantitative estimate of drug-likeness (QED) is 0.192. The molecule has 9 aromatic rings. The van der Waals surface area contributed by atoms with E-state index >= 15 is 0 Å². The van der Waals surface area contributed by atoms with Gasteiger partial charge >= 0.3 is 0 Å². The minimum absolute atomic E-state index is 0.280. The summed E-state index contributed by atoms with van der Waals surface area (Å²) in [6, 6.07) is 52.8. The molecule has 0 amide bonds. The van der Waals surface area contributed by atoms with E-state index < -0.39 is 0 Å². The van der Waals surface area contributed by atoms with E-state index in [0.717, 1.165) is 38.8 Å². The van der Waals surface area contributed by atoms with E-state index in [9.17, 15) is 0 Å². The van der Waals surface area contributed by atoms with Crippen molar-refractivity contribution in [2.75, 3.05) is 0 Å². The molecule has 0 saturated heterocycles. The molecule has 0 radical (unpaired) electrons. The SMILES string of the molecule is CC1(C)c2c(-c3ccc(-c4nc(-c5ccccc5)nc(-c5ccccc5)n4)cc3)cccc2-c2c1c1c3ccccc3oc1c1ccccc21. The zero-order chi connectivity index (χ0) is 33.4. The first-order valence-corrected chi connectivity index (χ1v) is 17.0. The second-order valence-electron chi connectivity index (χ2n) is 13.6. The number of furan rings is 1. The summed E-state index contributed by atoms with van der Waals surface area (Å²) < 4.78 is 6.61. The monoisotopic (exact) mass is 641 g/mol. The average Bonchev–Trinajstić information content (AvgIpc) is 3.68. The van der Waals surface area contributed by atoms with Gasteiger partial charge in [0.2, 0.25) is 0 Å². The summed E-state index contributed by atoms with van der Waals surface area (Å²) in [6.45, 7) is 4.74. The number of hydrogen-bond acceptors (Lipinski definition) is 4. The summed E-state index contributed by atoms with van der Waals surface area (Å²) in [5, 5.41) is 4.76. The number of nitrogens with zero attached hydrogens (tertiary/aromatic N) is 3. The Balaban J connectivity index is 1.14. The largest absolute Gasteiger partial charge is 0.455 e. The molecule has 4 nitrogen and oxygen atoms in total. The van der Waals surface area contributed by atoms with Gasteiger partial charge in [-0.2, -0.15) is 0 Å². The van der Waals surface area contributed by atoms with Gasteiger partial charge in [0.25, 0.3) is 0 Å². The van der Waals surface area contributed by atoms with Gasteiger partial charge in [0.05, 0.1) is 0 Å². The lowest BCUT2D eigenvalue weighted by atomic mass is 9.77. The summed E-state index contributed by atoms with van der Waals surface area (Å²) in [7, 11) is 0. The fourth-order valence-corrected chi connectivity index (χ4v) is 8.08. The van der Waals surface area contributed by atoms with Crippen LogP contribution >= 0.6 is 0 Å². The molecule has 2 aromatic heterocycles. The molecule has 0 saturated carbocycles. The third kappa shape index (κ3) is 4.21. The number of aromatic nitrogens is 3. The van der Waals surface area contributed by atoms with Gasteiger partial charge in [-0.25, -0.2) is 15.0 Å². The molecule has 0 bridgehead atoms. The third-order valence-electron chi connectivity index (χ3n) is 10.3. The molecule has 10 rings (SSSR count). The Morgan fingerprint density at radius 3 is 1.56 bits per heavy atom. The molecule has 2 heterocycles. The predicted molar refractivity (Wildman–Crippen MR) is 204 cm³/mol. The van der Waals surface area contributed by atoms with Crippen LogP contribution in [0.1, 0.15) is 25.0 Å². The number of benzene rings is 7. The van der Waals surface area contributed by atoms with Crippen molar-refractivity contribution in [2.45, 2.75) is 19.3 Å². The Morgan fingerprint density at radius 1 is 0.420 bits per heavy atom. The van der Waals surface area contributed by atoms with Gasteiger partial charge < -0.3 is 4.42 Å². The van der Waals surface area contributed by atoms with Crippen LogP contribution in [0.4, 0.5) is 0 Å². The molecule has 1 aliphatic rings. The van der Waals surface area contributed by atoms with Crippen molar-refractivity contribution in [3.05, 3.63) is 163 Å². The zero-order valence-electron chi connectivity index (χ0n) is 27.7. The van der Waals surface area contributed by atoms with Crippen molar-refractivity contribution >= 4 is 32.7 Å². The van der Waals surface area contributed by atoms with Gasteiger partial charge in [-0.15, -0.1) is 0 Å². The number of para-hydroxylation sites is 1. The van der Waals surface area contributed by atoms with Gasteiger partial charge in [0.1, 0.15) is 11.2 Å². The maximum atomic E-state index is 6.61. The fraction of sp³-hybridized carbons (Fsp3) is 0.0652. The molecule has 236 valence electrons. The van der Waals surface area contributed by atoms with E-state index in [4.69, 9.17) is 19.4 Å². The molecule has 7 aromatic carbocycles. The maximum Gasteiger partial charge on any atom is 0.164 e. The summed E-state index contributed by atoms with van der Waals surface area (Å²) in [5.74, 6) is 1.96. The number of rotatable bonds is 4. The molecule has 0 unspecified atom stereocenters. The van der Waals surface area contributed by atoms with Crippen LogP contribution in [0.2, 0.25) is 0 Å². The van der Waals surface area contributed by atoms with E-state index in [1.54, 1.807) is 0 Å². The Bertz CT molecular complexity index is 2710. The fourth-order valence-electron chi connectivity index (χ4n) is 8.08. The summed E-state index contributed by atoms with van der Waals surface area (Å²) in [5.41, 5.74) is 12.1. The minimum atomic E-state index is -0.280. The highest BCUT2D eigenvalue weighted by Crippen LogP contribution is 2.58. The molecule has 0 atom stereocenters. The molecule has 0 N–H and O–H groups in total. The van der Waals surface area contributed by atoms with Crippen molar-refractivity contribution in [3.63, 3.8) is 0 Å². The second kappa shape index (κ2) is 10.8. The highest BCUT2D eigenvalue weighted by Gasteiger charge is 2.41. The van der Waals surface area contributed by atoms with Crippen LogP contribution in [-0.4, -0.2) is 15.0 Å². The van der Waals surface area contributed by atoms with Crippen LogP contribution in [0.25, 0.3) is 89.1 Å². The van der Waals surface area contributed by atoms with Crippen LogP contribution in [-0.2, 0) is 5.41 Å². The maximum absolute atomic E-state index is 6.61. The highest BCUT2D eigenvalue weighted by molar-refractivity contribution is 6.23. The molecule has 50 heavy (non-hydrogen) atoms. The van der Waals surface area contributed by atoms with Crippen molar-refractivity contribution < 1.29 is 4.42 Å². The molecule has 0 spiro atoms. The van der Waals surface area contributed by atoms with Gasteiger partial charge in [0.15, 0.2) is 17.5 Å². The molecular weight excluding hydrogens is 611 g/mol. The first kappa shape index (κ1) is 28.6. The Morgan fingerprint density at radius 2 is 0.920 bits per heavy atom. The standard InChI is InChI=1S/C46H31N3O/c1-46(2)40-32(21-13-22-36(40)38-33-18-9-10-19-34(33)42-39(41(38)46)35-20-11-12-23-37(35)50-42)28-24-26-31(27-25-28)45-48-43(29-14-5-3-6-15-29)47-44(49-45)30-16-7-4-8-17-30/h3-27H,1-2H3. The molecule has 4 heteroatoms. The normalized spacial score (nSPS) is 13.2. The molecular formula is C46H31N3O. The lowest BCUT2D eigenvalue weighted by Gasteiger charge is -2.25. The Hall–Kier alpha value is -6.39. The minimum Gasteiger partial charge on any atom is -0.455 e. The van der Waals surface area contributed by atoms with Crippen LogP contribution in [0.5, 0.6) is 0 Å². The van der Waals surface area contributed by atoms with Crippen LogP contribution in [0.15, 0.2) is 156 Å². The van der Waals surface area contributed by atoms with Gasteiger partial charge in [-0.05, 0) is 44.8 Å². The molecule has 1 aliphatic carbocycles. The zero-order valence-corrected chi connectivity index (χ0v) is 27.7. The summed E-state index contributed by atoms with van der Waals surface area (Å²) in [6.07, 6.45) is 0. The lowest BCUT2D eigenvalue weighted by Crippen LogP contribution is -2.16. The summed E-state index contributed by atoms with van der Waals surface area (Å²) in [4.78, 5) is 14.8. The van der Waals surface area contributed by atoms with E-state index in [2.05, 4.69) is 105 Å². The van der Waals surface area contributed by atoms with Crippen LogP contribution in [0.3, 0.4) is 0 Å². The van der Waals surface area contributed by atoms with E-state index in [1.807, 2.05) is 60.7 Å².